The minimum Gasteiger partial charge on any atom is -0.352 e. The Hall–Kier alpha value is -2.29. The Morgan fingerprint density at radius 2 is 1.63 bits per heavy atom. The third-order valence-corrected chi connectivity index (χ3v) is 7.17. The SMILES string of the molecule is CC(C)NC(=O)C(C)N(Cc1ccc(Cl)cc1Cl)C(=O)CN(c1ccccc1C(C)C)S(C)(=O)=O. The highest BCUT2D eigenvalue weighted by Crippen LogP contribution is 2.29. The zero-order valence-corrected chi connectivity index (χ0v) is 23.2. The summed E-state index contributed by atoms with van der Waals surface area (Å²) < 4.78 is 26.7. The quantitative estimate of drug-likeness (QED) is 0.466. The smallest absolute Gasteiger partial charge is 0.244 e. The largest absolute Gasteiger partial charge is 0.352 e. The van der Waals surface area contributed by atoms with Gasteiger partial charge in [0, 0.05) is 22.6 Å². The third kappa shape index (κ3) is 7.85. The second kappa shape index (κ2) is 12.1. The molecule has 192 valence electrons. The number of para-hydroxylation sites is 1. The van der Waals surface area contributed by atoms with Crippen LogP contribution in [0.15, 0.2) is 42.5 Å². The molecule has 0 aliphatic rings. The molecule has 0 radical (unpaired) electrons. The molecule has 0 fully saturated rings. The lowest BCUT2D eigenvalue weighted by atomic mass is 10.0. The van der Waals surface area contributed by atoms with Crippen LogP contribution in [0.25, 0.3) is 0 Å². The van der Waals surface area contributed by atoms with Crippen LogP contribution in [0, 0.1) is 0 Å². The Morgan fingerprint density at radius 3 is 2.17 bits per heavy atom. The van der Waals surface area contributed by atoms with Gasteiger partial charge in [0.2, 0.25) is 21.8 Å². The van der Waals surface area contributed by atoms with Crippen LogP contribution in [0.3, 0.4) is 0 Å². The lowest BCUT2D eigenvalue weighted by Crippen LogP contribution is -2.52. The van der Waals surface area contributed by atoms with E-state index in [0.717, 1.165) is 16.1 Å². The molecule has 1 unspecified atom stereocenters. The van der Waals surface area contributed by atoms with E-state index in [1.54, 1.807) is 37.3 Å². The Kier molecular flexibility index (Phi) is 10.0. The van der Waals surface area contributed by atoms with E-state index >= 15 is 0 Å². The van der Waals surface area contributed by atoms with Gasteiger partial charge in [0.05, 0.1) is 11.9 Å². The molecule has 2 amide bonds. The van der Waals surface area contributed by atoms with Gasteiger partial charge in [0.1, 0.15) is 12.6 Å². The first-order valence-corrected chi connectivity index (χ1v) is 13.9. The summed E-state index contributed by atoms with van der Waals surface area (Å²) >= 11 is 12.4. The summed E-state index contributed by atoms with van der Waals surface area (Å²) in [6.45, 7) is 8.69. The molecule has 0 aromatic heterocycles. The number of anilines is 1. The van der Waals surface area contributed by atoms with E-state index in [1.165, 1.54) is 4.90 Å². The molecular formula is C25H33Cl2N3O4S. The number of amides is 2. The summed E-state index contributed by atoms with van der Waals surface area (Å²) in [4.78, 5) is 27.8. The molecule has 0 saturated carbocycles. The normalized spacial score (nSPS) is 12.5. The molecule has 2 aromatic rings. The van der Waals surface area contributed by atoms with E-state index in [0.29, 0.717) is 21.3 Å². The van der Waals surface area contributed by atoms with Gasteiger partial charge in [-0.1, -0.05) is 61.3 Å². The average molecular weight is 543 g/mol. The van der Waals surface area contributed by atoms with Crippen LogP contribution >= 0.6 is 23.2 Å². The van der Waals surface area contributed by atoms with E-state index in [-0.39, 0.29) is 24.4 Å². The van der Waals surface area contributed by atoms with Crippen LogP contribution in [-0.4, -0.2) is 50.0 Å². The molecule has 0 heterocycles. The van der Waals surface area contributed by atoms with Crippen LogP contribution in [-0.2, 0) is 26.2 Å². The van der Waals surface area contributed by atoms with Crippen LogP contribution in [0.4, 0.5) is 5.69 Å². The molecule has 10 heteroatoms. The fraction of sp³-hybridized carbons (Fsp3) is 0.440. The van der Waals surface area contributed by atoms with Gasteiger partial charge in [-0.15, -0.1) is 0 Å². The van der Waals surface area contributed by atoms with Gasteiger partial charge in [-0.05, 0) is 56.0 Å². The lowest BCUT2D eigenvalue weighted by Gasteiger charge is -2.32. The van der Waals surface area contributed by atoms with Crippen molar-refractivity contribution in [2.45, 2.75) is 59.2 Å². The second-order valence-electron chi connectivity index (χ2n) is 9.08. The van der Waals surface area contributed by atoms with Crippen molar-refractivity contribution in [3.8, 4) is 0 Å². The van der Waals surface area contributed by atoms with E-state index in [9.17, 15) is 18.0 Å². The number of nitrogens with one attached hydrogen (secondary N) is 1. The van der Waals surface area contributed by atoms with Gasteiger partial charge in [0.25, 0.3) is 0 Å². The van der Waals surface area contributed by atoms with Crippen LogP contribution in [0.1, 0.15) is 51.7 Å². The van der Waals surface area contributed by atoms with E-state index < -0.39 is 28.5 Å². The van der Waals surface area contributed by atoms with Gasteiger partial charge in [0.15, 0.2) is 0 Å². The van der Waals surface area contributed by atoms with Crippen molar-refractivity contribution in [2.24, 2.45) is 0 Å². The Balaban J connectivity index is 2.49. The molecule has 0 aliphatic heterocycles. The van der Waals surface area contributed by atoms with Crippen molar-refractivity contribution < 1.29 is 18.0 Å². The molecule has 2 rings (SSSR count). The van der Waals surface area contributed by atoms with Crippen molar-refractivity contribution in [3.05, 3.63) is 63.6 Å². The Labute approximate surface area is 218 Å². The minimum atomic E-state index is -3.81. The number of carbonyl (C=O) groups is 2. The summed E-state index contributed by atoms with van der Waals surface area (Å²) in [7, 11) is -3.81. The standard InChI is InChI=1S/C25H33Cl2N3O4S/c1-16(2)21-9-7-8-10-23(21)30(35(6,33)34)15-24(31)29(18(5)25(32)28-17(3)4)14-19-11-12-20(26)13-22(19)27/h7-13,16-18H,14-15H2,1-6H3,(H,28,32). The van der Waals surface area contributed by atoms with E-state index in [2.05, 4.69) is 5.32 Å². The van der Waals surface area contributed by atoms with E-state index in [4.69, 9.17) is 23.2 Å². The number of nitrogens with zero attached hydrogens (tertiary/aromatic N) is 2. The Morgan fingerprint density at radius 1 is 1.00 bits per heavy atom. The highest BCUT2D eigenvalue weighted by atomic mass is 35.5. The first kappa shape index (κ1) is 28.9. The highest BCUT2D eigenvalue weighted by molar-refractivity contribution is 7.92. The number of rotatable bonds is 10. The number of benzene rings is 2. The predicted octanol–water partition coefficient (Wildman–Crippen LogP) is 4.82. The van der Waals surface area contributed by atoms with Crippen molar-refractivity contribution in [1.29, 1.82) is 0 Å². The van der Waals surface area contributed by atoms with Gasteiger partial charge in [-0.25, -0.2) is 8.42 Å². The number of sulfonamides is 1. The second-order valence-corrected chi connectivity index (χ2v) is 11.8. The van der Waals surface area contributed by atoms with Gasteiger partial charge in [-0.3, -0.25) is 13.9 Å². The molecule has 0 aliphatic carbocycles. The summed E-state index contributed by atoms with van der Waals surface area (Å²) in [5.41, 5.74) is 1.81. The van der Waals surface area contributed by atoms with Gasteiger partial charge in [-0.2, -0.15) is 0 Å². The van der Waals surface area contributed by atoms with Crippen molar-refractivity contribution in [3.63, 3.8) is 0 Å². The first-order chi connectivity index (χ1) is 16.2. The predicted molar refractivity (Wildman–Crippen MR) is 142 cm³/mol. The molecule has 7 nitrogen and oxygen atoms in total. The monoisotopic (exact) mass is 541 g/mol. The summed E-state index contributed by atoms with van der Waals surface area (Å²) in [5.74, 6) is -0.858. The molecule has 2 aromatic carbocycles. The van der Waals surface area contributed by atoms with Crippen LogP contribution in [0.2, 0.25) is 10.0 Å². The number of halogens is 2. The highest BCUT2D eigenvalue weighted by Gasteiger charge is 2.31. The molecular weight excluding hydrogens is 509 g/mol. The maximum absolute atomic E-state index is 13.6. The molecule has 35 heavy (non-hydrogen) atoms. The number of hydrogen-bond donors (Lipinski definition) is 1. The maximum atomic E-state index is 13.6. The van der Waals surface area contributed by atoms with Crippen molar-refractivity contribution >= 4 is 50.7 Å². The van der Waals surface area contributed by atoms with Crippen molar-refractivity contribution in [2.75, 3.05) is 17.1 Å². The summed E-state index contributed by atoms with van der Waals surface area (Å²) in [6.07, 6.45) is 1.06. The molecule has 1 atom stereocenters. The third-order valence-electron chi connectivity index (χ3n) is 5.46. The molecule has 0 saturated heterocycles. The maximum Gasteiger partial charge on any atom is 0.244 e. The minimum absolute atomic E-state index is 0.00491. The molecule has 0 bridgehead atoms. The topological polar surface area (TPSA) is 86.8 Å². The zero-order valence-electron chi connectivity index (χ0n) is 20.9. The van der Waals surface area contributed by atoms with Gasteiger partial charge >= 0.3 is 0 Å². The molecule has 0 spiro atoms. The fourth-order valence-corrected chi connectivity index (χ4v) is 4.96. The zero-order chi connectivity index (χ0) is 26.5. The van der Waals surface area contributed by atoms with Crippen LogP contribution < -0.4 is 9.62 Å². The van der Waals surface area contributed by atoms with Crippen molar-refractivity contribution in [1.82, 2.24) is 10.2 Å². The number of hydrogen-bond acceptors (Lipinski definition) is 4. The molecule has 1 N–H and O–H groups in total. The number of carbonyl (C=O) groups excluding carboxylic acids is 2. The first-order valence-electron chi connectivity index (χ1n) is 11.3. The average Bonchev–Trinajstić information content (AvgIpc) is 2.75. The van der Waals surface area contributed by atoms with Gasteiger partial charge < -0.3 is 10.2 Å². The Bertz CT molecular complexity index is 1170. The summed E-state index contributed by atoms with van der Waals surface area (Å²) in [6, 6.07) is 11.0. The van der Waals surface area contributed by atoms with E-state index in [1.807, 2.05) is 39.8 Å². The fourth-order valence-electron chi connectivity index (χ4n) is 3.62. The van der Waals surface area contributed by atoms with Crippen LogP contribution in [0.5, 0.6) is 0 Å². The summed E-state index contributed by atoms with van der Waals surface area (Å²) in [5, 5.41) is 3.59. The lowest BCUT2D eigenvalue weighted by molar-refractivity contribution is -0.139.